The highest BCUT2D eigenvalue weighted by molar-refractivity contribution is 7.59. The van der Waals surface area contributed by atoms with E-state index in [2.05, 4.69) is 19.1 Å². The lowest BCUT2D eigenvalue weighted by Crippen LogP contribution is -2.36. The van der Waals surface area contributed by atoms with Gasteiger partial charge in [0.25, 0.3) is 0 Å². The summed E-state index contributed by atoms with van der Waals surface area (Å²) in [7, 11) is 1.67. The minimum Gasteiger partial charge on any atom is -0.497 e. The number of fused-ring (bicyclic) bond motifs is 4. The summed E-state index contributed by atoms with van der Waals surface area (Å²) in [5, 5.41) is 0. The van der Waals surface area contributed by atoms with Crippen molar-refractivity contribution < 1.29 is 19.1 Å². The van der Waals surface area contributed by atoms with E-state index >= 15 is 0 Å². The number of allylic oxidation sites excluding steroid dienone is 3. The zero-order chi connectivity index (χ0) is 20.2. The van der Waals surface area contributed by atoms with Gasteiger partial charge in [0.2, 0.25) is 0 Å². The number of methoxy groups -OCH3 is 1. The summed E-state index contributed by atoms with van der Waals surface area (Å²) >= 11 is 0. The first-order valence-corrected chi connectivity index (χ1v) is 10.8. The van der Waals surface area contributed by atoms with Crippen LogP contribution < -0.4 is 4.74 Å². The first-order chi connectivity index (χ1) is 14.0. The molecule has 4 aliphatic rings. The smallest absolute Gasteiger partial charge is 0.156 e. The Morgan fingerprint density at radius 1 is 0.970 bits per heavy atom. The van der Waals surface area contributed by atoms with Crippen molar-refractivity contribution in [1.82, 2.24) is 0 Å². The number of carbonyl (C=O) groups excluding carboxylic acids is 2. The van der Waals surface area contributed by atoms with E-state index in [1.807, 2.05) is 18.2 Å². The van der Waals surface area contributed by atoms with Gasteiger partial charge in [0.05, 0.1) is 19.1 Å². The third-order valence-corrected chi connectivity index (χ3v) is 7.69. The summed E-state index contributed by atoms with van der Waals surface area (Å²) in [5.74, 6) is 2.09. The number of carbonyl (C=O) groups is 2. The predicted octanol–water partition coefficient (Wildman–Crippen LogP) is 6.77. The number of hydrogen-bond donors (Lipinski definition) is 0. The van der Waals surface area contributed by atoms with Crippen LogP contribution in [-0.4, -0.2) is 25.3 Å². The van der Waals surface area contributed by atoms with Gasteiger partial charge in [-0.15, -0.1) is 0 Å². The maximum Gasteiger partial charge on any atom is 0.156 e. The average Bonchev–Trinajstić information content (AvgIpc) is 2.95. The lowest BCUT2D eigenvalue weighted by molar-refractivity contribution is -0.130. The van der Waals surface area contributed by atoms with Gasteiger partial charge in [0.15, 0.2) is 5.78 Å². The fourth-order valence-corrected chi connectivity index (χ4v) is 6.11. The molecule has 4 nitrogen and oxygen atoms in total. The van der Waals surface area contributed by atoms with Gasteiger partial charge < -0.3 is 9.47 Å². The lowest BCUT2D eigenvalue weighted by atomic mass is 9.64. The van der Waals surface area contributed by atoms with Crippen LogP contribution >= 0.6 is 13.5 Å². The molecule has 184 valence electrons. The molecular formula is C28H42O4S. The standard InChI is InChI=1S/C25H28O4.3CH4.H2S/c1-25-14-29-24(15-3-7-18(28-2)8-4-15)23-19-10-6-17(26)13-16(19)5-9-20(23)21(25)11-12-22(25)27;;;;/h3-4,7-8,13,20-21,24H,5-6,9-12,14H2,1-2H3;3*1H4;1H2/t20?,21?,24-,25-;;;;/m0..../s1. The van der Waals surface area contributed by atoms with Gasteiger partial charge in [-0.1, -0.05) is 41.3 Å². The Labute approximate surface area is 207 Å². The predicted molar refractivity (Wildman–Crippen MR) is 140 cm³/mol. The highest BCUT2D eigenvalue weighted by Gasteiger charge is 2.54. The van der Waals surface area contributed by atoms with Gasteiger partial charge in [-0.3, -0.25) is 9.59 Å². The molecule has 0 spiro atoms. The van der Waals surface area contributed by atoms with E-state index in [1.54, 1.807) is 7.11 Å². The first-order valence-electron chi connectivity index (χ1n) is 10.8. The van der Waals surface area contributed by atoms with Crippen molar-refractivity contribution in [3.8, 4) is 5.75 Å². The van der Waals surface area contributed by atoms with Crippen LogP contribution in [-0.2, 0) is 14.3 Å². The van der Waals surface area contributed by atoms with Crippen molar-refractivity contribution in [1.29, 1.82) is 0 Å². The molecule has 0 N–H and O–H groups in total. The maximum absolute atomic E-state index is 12.8. The van der Waals surface area contributed by atoms with Gasteiger partial charge in [0.1, 0.15) is 17.6 Å². The largest absolute Gasteiger partial charge is 0.497 e. The zero-order valence-electron chi connectivity index (χ0n) is 17.7. The number of benzene rings is 1. The summed E-state index contributed by atoms with van der Waals surface area (Å²) < 4.78 is 11.9. The van der Waals surface area contributed by atoms with Crippen LogP contribution in [0.5, 0.6) is 5.75 Å². The molecule has 0 amide bonds. The normalized spacial score (nSPS) is 30.0. The molecule has 1 heterocycles. The van der Waals surface area contributed by atoms with Crippen molar-refractivity contribution in [3.05, 3.63) is 52.6 Å². The molecule has 5 rings (SSSR count). The summed E-state index contributed by atoms with van der Waals surface area (Å²) in [6.45, 7) is 2.58. The molecule has 3 aliphatic carbocycles. The van der Waals surface area contributed by atoms with Crippen molar-refractivity contribution in [2.24, 2.45) is 17.3 Å². The van der Waals surface area contributed by atoms with Crippen LogP contribution in [0.2, 0.25) is 0 Å². The van der Waals surface area contributed by atoms with E-state index in [0.717, 1.165) is 37.0 Å². The van der Waals surface area contributed by atoms with E-state index in [1.165, 1.54) is 16.7 Å². The molecule has 2 unspecified atom stereocenters. The second kappa shape index (κ2) is 11.1. The van der Waals surface area contributed by atoms with Crippen LogP contribution in [0.25, 0.3) is 0 Å². The monoisotopic (exact) mass is 474 g/mol. The van der Waals surface area contributed by atoms with Crippen molar-refractivity contribution in [2.75, 3.05) is 13.7 Å². The quantitative estimate of drug-likeness (QED) is 0.475. The Bertz CT molecular complexity index is 930. The van der Waals surface area contributed by atoms with Crippen molar-refractivity contribution >= 4 is 25.1 Å². The Balaban J connectivity index is 0.00000136. The molecule has 0 radical (unpaired) electrons. The molecule has 33 heavy (non-hydrogen) atoms. The molecular weight excluding hydrogens is 432 g/mol. The van der Waals surface area contributed by atoms with E-state index in [0.29, 0.717) is 37.1 Å². The molecule has 1 aliphatic heterocycles. The summed E-state index contributed by atoms with van der Waals surface area (Å²) in [6.07, 6.45) is 6.62. The number of ether oxygens (including phenoxy) is 2. The third kappa shape index (κ3) is 4.72. The van der Waals surface area contributed by atoms with Gasteiger partial charge in [-0.05, 0) is 78.0 Å². The molecule has 1 saturated heterocycles. The Hall–Kier alpha value is -1.85. The Kier molecular flexibility index (Phi) is 9.77. The fraction of sp³-hybridized carbons (Fsp3) is 0.571. The molecule has 1 saturated carbocycles. The Morgan fingerprint density at radius 3 is 2.33 bits per heavy atom. The number of Topliss-reactive ketones (excluding diaryl/α,β-unsaturated/α-hetero) is 1. The molecule has 0 aromatic heterocycles. The number of ketones is 2. The number of hydrogen-bond acceptors (Lipinski definition) is 4. The molecule has 5 heteroatoms. The topological polar surface area (TPSA) is 52.6 Å². The zero-order valence-corrected chi connectivity index (χ0v) is 18.7. The summed E-state index contributed by atoms with van der Waals surface area (Å²) in [5.41, 5.74) is 4.56. The van der Waals surface area contributed by atoms with Gasteiger partial charge in [-0.2, -0.15) is 13.5 Å². The van der Waals surface area contributed by atoms with E-state index < -0.39 is 5.41 Å². The molecule has 0 bridgehead atoms. The lowest BCUT2D eigenvalue weighted by Gasteiger charge is -2.39. The first kappa shape index (κ1) is 29.2. The van der Waals surface area contributed by atoms with E-state index in [-0.39, 0.29) is 47.7 Å². The van der Waals surface area contributed by atoms with Gasteiger partial charge >= 0.3 is 0 Å². The molecule has 2 fully saturated rings. The van der Waals surface area contributed by atoms with E-state index in [4.69, 9.17) is 9.47 Å². The molecule has 1 aromatic rings. The maximum atomic E-state index is 12.8. The van der Waals surface area contributed by atoms with Crippen LogP contribution in [0, 0.1) is 17.3 Å². The highest BCUT2D eigenvalue weighted by atomic mass is 32.1. The molecule has 1 aromatic carbocycles. The minimum atomic E-state index is -0.399. The van der Waals surface area contributed by atoms with Crippen LogP contribution in [0.4, 0.5) is 0 Å². The number of rotatable bonds is 2. The second-order valence-electron chi connectivity index (χ2n) is 9.16. The van der Waals surface area contributed by atoms with Crippen molar-refractivity contribution in [2.45, 2.75) is 73.8 Å². The summed E-state index contributed by atoms with van der Waals surface area (Å²) in [6, 6.07) is 8.10. The van der Waals surface area contributed by atoms with E-state index in [9.17, 15) is 9.59 Å². The fourth-order valence-electron chi connectivity index (χ4n) is 6.11. The van der Waals surface area contributed by atoms with Gasteiger partial charge in [-0.25, -0.2) is 0 Å². The average molecular weight is 475 g/mol. The second-order valence-corrected chi connectivity index (χ2v) is 9.16. The van der Waals surface area contributed by atoms with Crippen LogP contribution in [0.1, 0.15) is 79.4 Å². The van der Waals surface area contributed by atoms with Crippen molar-refractivity contribution in [3.63, 3.8) is 0 Å². The Morgan fingerprint density at radius 2 is 1.67 bits per heavy atom. The third-order valence-electron chi connectivity index (χ3n) is 7.69. The highest BCUT2D eigenvalue weighted by Crippen LogP contribution is 2.57. The van der Waals surface area contributed by atoms with Crippen LogP contribution in [0.3, 0.4) is 0 Å². The van der Waals surface area contributed by atoms with Gasteiger partial charge in [0, 0.05) is 12.8 Å². The minimum absolute atomic E-state index is 0. The molecule has 4 atom stereocenters. The SMILES string of the molecule is C.C.C.COc1ccc([C@@H]2OC[C@]3(C)C(=O)CCC3C3CCC4=CC(=O)CCC4=C32)cc1.S. The summed E-state index contributed by atoms with van der Waals surface area (Å²) in [4.78, 5) is 24.9. The van der Waals surface area contributed by atoms with Crippen LogP contribution in [0.15, 0.2) is 47.1 Å².